The summed E-state index contributed by atoms with van der Waals surface area (Å²) in [5.74, 6) is 0. The molecule has 2 rings (SSSR count). The summed E-state index contributed by atoms with van der Waals surface area (Å²) in [6.45, 7) is 0. The smallest absolute Gasteiger partial charge is 0.256 e. The predicted molar refractivity (Wildman–Crippen MR) is 66.8 cm³/mol. The van der Waals surface area contributed by atoms with Gasteiger partial charge in [0.2, 0.25) is 0 Å². The molecule has 2 aromatic heterocycles. The number of halogens is 1. The first kappa shape index (κ1) is 11.7. The standard InChI is InChI=1S/C11H6ClN3OS/c12-9-3-2-8(6-14-9)15-10(16)4-1-7(5-13)11(15)17/h1-4,6,17H. The number of hydrogen-bond donors (Lipinski definition) is 1. The molecule has 17 heavy (non-hydrogen) atoms. The molecule has 0 N–H and O–H groups in total. The molecule has 0 aliphatic rings. The fourth-order valence-electron chi connectivity index (χ4n) is 1.37. The Balaban J connectivity index is 2.71. The van der Waals surface area contributed by atoms with Crippen LogP contribution in [-0.4, -0.2) is 9.55 Å². The molecular formula is C11H6ClN3OS. The van der Waals surface area contributed by atoms with Gasteiger partial charge in [-0.05, 0) is 18.2 Å². The maximum absolute atomic E-state index is 11.7. The van der Waals surface area contributed by atoms with Gasteiger partial charge in [0.1, 0.15) is 11.2 Å². The van der Waals surface area contributed by atoms with Crippen LogP contribution in [0.3, 0.4) is 0 Å². The van der Waals surface area contributed by atoms with Crippen LogP contribution in [-0.2, 0) is 0 Å². The van der Waals surface area contributed by atoms with E-state index in [4.69, 9.17) is 16.9 Å². The zero-order chi connectivity index (χ0) is 12.4. The highest BCUT2D eigenvalue weighted by Crippen LogP contribution is 2.16. The van der Waals surface area contributed by atoms with Crippen molar-refractivity contribution in [2.45, 2.75) is 5.03 Å². The summed E-state index contributed by atoms with van der Waals surface area (Å²) in [4.78, 5) is 15.6. The molecule has 0 atom stereocenters. The van der Waals surface area contributed by atoms with Gasteiger partial charge in [-0.15, -0.1) is 12.6 Å². The van der Waals surface area contributed by atoms with E-state index in [1.165, 1.54) is 22.9 Å². The third-order valence-corrected chi connectivity index (χ3v) is 2.82. The zero-order valence-corrected chi connectivity index (χ0v) is 10.1. The fraction of sp³-hybridized carbons (Fsp3) is 0. The normalized spacial score (nSPS) is 9.94. The molecule has 84 valence electrons. The van der Waals surface area contributed by atoms with Crippen LogP contribution in [0.25, 0.3) is 5.69 Å². The molecule has 0 saturated carbocycles. The Bertz CT molecular complexity index is 658. The summed E-state index contributed by atoms with van der Waals surface area (Å²) in [5, 5.41) is 9.49. The van der Waals surface area contributed by atoms with Crippen LogP contribution in [0.2, 0.25) is 5.15 Å². The molecule has 0 fully saturated rings. The fourth-order valence-corrected chi connectivity index (χ4v) is 1.82. The molecule has 6 heteroatoms. The van der Waals surface area contributed by atoms with E-state index in [0.29, 0.717) is 16.4 Å². The van der Waals surface area contributed by atoms with Crippen LogP contribution >= 0.6 is 24.2 Å². The Kier molecular flexibility index (Phi) is 3.18. The van der Waals surface area contributed by atoms with Crippen LogP contribution in [0.4, 0.5) is 0 Å². The van der Waals surface area contributed by atoms with Crippen molar-refractivity contribution in [2.75, 3.05) is 0 Å². The minimum atomic E-state index is -0.280. The second-order valence-corrected chi connectivity index (χ2v) is 4.01. The van der Waals surface area contributed by atoms with E-state index in [-0.39, 0.29) is 10.6 Å². The summed E-state index contributed by atoms with van der Waals surface area (Å²) in [7, 11) is 0. The van der Waals surface area contributed by atoms with Gasteiger partial charge in [0, 0.05) is 6.07 Å². The van der Waals surface area contributed by atoms with Gasteiger partial charge in [-0.2, -0.15) is 5.26 Å². The average molecular weight is 264 g/mol. The van der Waals surface area contributed by atoms with Crippen LogP contribution in [0.1, 0.15) is 5.56 Å². The van der Waals surface area contributed by atoms with E-state index in [1.54, 1.807) is 12.1 Å². The van der Waals surface area contributed by atoms with Crippen molar-refractivity contribution in [2.24, 2.45) is 0 Å². The van der Waals surface area contributed by atoms with E-state index in [1.807, 2.05) is 6.07 Å². The lowest BCUT2D eigenvalue weighted by atomic mass is 10.3. The highest BCUT2D eigenvalue weighted by Gasteiger charge is 2.08. The monoisotopic (exact) mass is 263 g/mol. The second kappa shape index (κ2) is 4.62. The van der Waals surface area contributed by atoms with E-state index in [2.05, 4.69) is 17.6 Å². The molecule has 0 aromatic carbocycles. The molecule has 0 bridgehead atoms. The third-order valence-electron chi connectivity index (χ3n) is 2.16. The number of nitriles is 1. The molecule has 0 aliphatic carbocycles. The number of pyridine rings is 2. The van der Waals surface area contributed by atoms with E-state index in [9.17, 15) is 4.79 Å². The molecule has 0 unspecified atom stereocenters. The molecular weight excluding hydrogens is 258 g/mol. The Morgan fingerprint density at radius 3 is 2.71 bits per heavy atom. The van der Waals surface area contributed by atoms with Crippen molar-refractivity contribution >= 4 is 24.2 Å². The number of nitrogens with zero attached hydrogens (tertiary/aromatic N) is 3. The van der Waals surface area contributed by atoms with Gasteiger partial charge < -0.3 is 0 Å². The van der Waals surface area contributed by atoms with E-state index >= 15 is 0 Å². The third kappa shape index (κ3) is 2.18. The van der Waals surface area contributed by atoms with Crippen molar-refractivity contribution < 1.29 is 0 Å². The topological polar surface area (TPSA) is 58.7 Å². The average Bonchev–Trinajstić information content (AvgIpc) is 2.32. The summed E-state index contributed by atoms with van der Waals surface area (Å²) in [5.41, 5.74) is 0.558. The maximum Gasteiger partial charge on any atom is 0.256 e. The van der Waals surface area contributed by atoms with Crippen molar-refractivity contribution in [3.63, 3.8) is 0 Å². The lowest BCUT2D eigenvalue weighted by Gasteiger charge is -2.09. The highest BCUT2D eigenvalue weighted by molar-refractivity contribution is 7.80. The minimum Gasteiger partial charge on any atom is -0.269 e. The summed E-state index contributed by atoms with van der Waals surface area (Å²) in [6.07, 6.45) is 1.45. The van der Waals surface area contributed by atoms with Gasteiger partial charge in [-0.1, -0.05) is 11.6 Å². The number of aromatic nitrogens is 2. The molecule has 0 radical (unpaired) electrons. The van der Waals surface area contributed by atoms with Gasteiger partial charge in [0.25, 0.3) is 5.56 Å². The SMILES string of the molecule is N#Cc1ccc(=O)n(-c2ccc(Cl)nc2)c1S. The second-order valence-electron chi connectivity index (χ2n) is 3.20. The van der Waals surface area contributed by atoms with Crippen molar-refractivity contribution in [1.82, 2.24) is 9.55 Å². The molecule has 0 aliphatic heterocycles. The minimum absolute atomic E-state index is 0.280. The molecule has 4 nitrogen and oxygen atoms in total. The lowest BCUT2D eigenvalue weighted by molar-refractivity contribution is 0.865. The van der Waals surface area contributed by atoms with Crippen molar-refractivity contribution in [3.8, 4) is 11.8 Å². The number of hydrogen-bond acceptors (Lipinski definition) is 4. The van der Waals surface area contributed by atoms with Crippen LogP contribution in [0, 0.1) is 11.3 Å². The van der Waals surface area contributed by atoms with E-state index < -0.39 is 0 Å². The van der Waals surface area contributed by atoms with Crippen molar-refractivity contribution in [3.05, 3.63) is 51.5 Å². The Hall–Kier alpha value is -1.77. The zero-order valence-electron chi connectivity index (χ0n) is 8.46. The summed E-state index contributed by atoms with van der Waals surface area (Å²) in [6, 6.07) is 7.91. The molecule has 0 spiro atoms. The first-order valence-corrected chi connectivity index (χ1v) is 5.43. The number of thiol groups is 1. The first-order valence-electron chi connectivity index (χ1n) is 4.60. The molecule has 2 aromatic rings. The highest BCUT2D eigenvalue weighted by atomic mass is 35.5. The van der Waals surface area contributed by atoms with Gasteiger partial charge in [-0.3, -0.25) is 9.36 Å². The van der Waals surface area contributed by atoms with Gasteiger partial charge in [-0.25, -0.2) is 4.98 Å². The lowest BCUT2D eigenvalue weighted by Crippen LogP contribution is -2.19. The van der Waals surface area contributed by atoms with E-state index in [0.717, 1.165) is 0 Å². The largest absolute Gasteiger partial charge is 0.269 e. The Labute approximate surface area is 108 Å². The van der Waals surface area contributed by atoms with Gasteiger partial charge in [0.05, 0.1) is 22.5 Å². The molecule has 0 amide bonds. The first-order chi connectivity index (χ1) is 8.13. The summed E-state index contributed by atoms with van der Waals surface area (Å²) < 4.78 is 1.30. The van der Waals surface area contributed by atoms with Crippen molar-refractivity contribution in [1.29, 1.82) is 5.26 Å². The summed E-state index contributed by atoms with van der Waals surface area (Å²) >= 11 is 9.85. The van der Waals surface area contributed by atoms with Crippen LogP contribution in [0.15, 0.2) is 40.3 Å². The van der Waals surface area contributed by atoms with Crippen LogP contribution < -0.4 is 5.56 Å². The Morgan fingerprint density at radius 2 is 2.12 bits per heavy atom. The maximum atomic E-state index is 11.7. The van der Waals surface area contributed by atoms with Gasteiger partial charge >= 0.3 is 0 Å². The van der Waals surface area contributed by atoms with Crippen LogP contribution in [0.5, 0.6) is 0 Å². The number of rotatable bonds is 1. The van der Waals surface area contributed by atoms with Gasteiger partial charge in [0.15, 0.2) is 0 Å². The Morgan fingerprint density at radius 1 is 1.35 bits per heavy atom. The molecule has 0 saturated heterocycles. The predicted octanol–water partition coefficient (Wildman–Crippen LogP) is 2.05. The molecule has 2 heterocycles. The quantitative estimate of drug-likeness (QED) is 0.633.